The molecule has 70 valence electrons. The molecular formula is C9H17NO2. The minimum Gasteiger partial charge on any atom is -0.396 e. The molecule has 1 heterocycles. The van der Waals surface area contributed by atoms with Crippen LogP contribution in [0.3, 0.4) is 0 Å². The zero-order valence-corrected chi connectivity index (χ0v) is 7.48. The summed E-state index contributed by atoms with van der Waals surface area (Å²) in [4.78, 5) is 2.14. The zero-order chi connectivity index (χ0) is 8.97. The van der Waals surface area contributed by atoms with Crippen LogP contribution in [0.1, 0.15) is 6.92 Å². The molecule has 0 radical (unpaired) electrons. The summed E-state index contributed by atoms with van der Waals surface area (Å²) in [6, 6.07) is 0. The molecular weight excluding hydrogens is 154 g/mol. The summed E-state index contributed by atoms with van der Waals surface area (Å²) in [6.07, 6.45) is 3.71. The van der Waals surface area contributed by atoms with Crippen LogP contribution in [0.25, 0.3) is 0 Å². The molecule has 0 saturated carbocycles. The fraction of sp³-hybridized carbons (Fsp3) is 0.778. The first-order valence-electron chi connectivity index (χ1n) is 4.40. The Bertz CT molecular complexity index is 159. The highest BCUT2D eigenvalue weighted by Gasteiger charge is 2.29. The molecule has 2 atom stereocenters. The molecule has 1 aliphatic rings. The van der Waals surface area contributed by atoms with Crippen molar-refractivity contribution in [3.05, 3.63) is 12.2 Å². The van der Waals surface area contributed by atoms with Gasteiger partial charge in [-0.1, -0.05) is 12.2 Å². The van der Waals surface area contributed by atoms with Crippen LogP contribution in [-0.4, -0.2) is 47.5 Å². The van der Waals surface area contributed by atoms with Crippen LogP contribution in [0.15, 0.2) is 12.2 Å². The summed E-state index contributed by atoms with van der Waals surface area (Å²) in [7, 11) is 0. The summed E-state index contributed by atoms with van der Waals surface area (Å²) in [5.74, 6) is 0.0512. The van der Waals surface area contributed by atoms with E-state index in [1.54, 1.807) is 0 Å². The molecule has 3 heteroatoms. The van der Waals surface area contributed by atoms with Crippen molar-refractivity contribution in [1.29, 1.82) is 0 Å². The van der Waals surface area contributed by atoms with Gasteiger partial charge in [0.2, 0.25) is 0 Å². The van der Waals surface area contributed by atoms with Gasteiger partial charge in [0.15, 0.2) is 0 Å². The molecule has 3 nitrogen and oxygen atoms in total. The summed E-state index contributed by atoms with van der Waals surface area (Å²) < 4.78 is 0. The summed E-state index contributed by atoms with van der Waals surface area (Å²) in [5, 5.41) is 18.3. The third kappa shape index (κ3) is 2.30. The fourth-order valence-electron chi connectivity index (χ4n) is 1.52. The van der Waals surface area contributed by atoms with Crippen LogP contribution in [0.4, 0.5) is 0 Å². The largest absolute Gasteiger partial charge is 0.396 e. The molecule has 2 N–H and O–H groups in total. The first kappa shape index (κ1) is 9.71. The molecule has 1 saturated heterocycles. The summed E-state index contributed by atoms with van der Waals surface area (Å²) in [6.45, 7) is 4.45. The molecule has 12 heavy (non-hydrogen) atoms. The van der Waals surface area contributed by atoms with Crippen molar-refractivity contribution in [2.24, 2.45) is 5.92 Å². The van der Waals surface area contributed by atoms with E-state index in [4.69, 9.17) is 5.11 Å². The second-order valence-electron chi connectivity index (χ2n) is 3.30. The number of aliphatic hydroxyl groups is 2. The van der Waals surface area contributed by atoms with Crippen molar-refractivity contribution in [2.75, 3.05) is 26.2 Å². The van der Waals surface area contributed by atoms with Crippen molar-refractivity contribution >= 4 is 0 Å². The quantitative estimate of drug-likeness (QED) is 0.580. The van der Waals surface area contributed by atoms with E-state index in [0.717, 1.165) is 13.1 Å². The Labute approximate surface area is 73.3 Å². The van der Waals surface area contributed by atoms with Crippen molar-refractivity contribution in [3.8, 4) is 0 Å². The van der Waals surface area contributed by atoms with Gasteiger partial charge in [0.25, 0.3) is 0 Å². The lowest BCUT2D eigenvalue weighted by molar-refractivity contribution is 0.103. The number of aliphatic hydroxyl groups excluding tert-OH is 2. The number of hydrogen-bond acceptors (Lipinski definition) is 3. The molecule has 0 aromatic carbocycles. The topological polar surface area (TPSA) is 43.7 Å². The van der Waals surface area contributed by atoms with Crippen LogP contribution in [0, 0.1) is 5.92 Å². The third-order valence-corrected chi connectivity index (χ3v) is 2.32. The van der Waals surface area contributed by atoms with E-state index >= 15 is 0 Å². The van der Waals surface area contributed by atoms with Gasteiger partial charge in [-0.2, -0.15) is 0 Å². The van der Waals surface area contributed by atoms with Gasteiger partial charge in [0, 0.05) is 32.2 Å². The van der Waals surface area contributed by atoms with Gasteiger partial charge in [-0.15, -0.1) is 0 Å². The highest BCUT2D eigenvalue weighted by molar-refractivity contribution is 4.88. The van der Waals surface area contributed by atoms with E-state index in [0.29, 0.717) is 6.54 Å². The highest BCUT2D eigenvalue weighted by Crippen LogP contribution is 2.15. The Morgan fingerprint density at radius 3 is 2.75 bits per heavy atom. The van der Waals surface area contributed by atoms with Crippen LogP contribution in [-0.2, 0) is 0 Å². The van der Waals surface area contributed by atoms with Crippen LogP contribution < -0.4 is 0 Å². The first-order valence-corrected chi connectivity index (χ1v) is 4.40. The Morgan fingerprint density at radius 2 is 2.25 bits per heavy atom. The molecule has 0 spiro atoms. The maximum Gasteiger partial charge on any atom is 0.0729 e. The Kier molecular flexibility index (Phi) is 3.72. The number of hydrogen-bond donors (Lipinski definition) is 2. The SMILES string of the molecule is C/C=C/CN1CC(O)C(CO)C1. The predicted molar refractivity (Wildman–Crippen MR) is 47.8 cm³/mol. The third-order valence-electron chi connectivity index (χ3n) is 2.32. The van der Waals surface area contributed by atoms with Gasteiger partial charge in [-0.25, -0.2) is 0 Å². The molecule has 1 aliphatic heterocycles. The second-order valence-corrected chi connectivity index (χ2v) is 3.30. The van der Waals surface area contributed by atoms with Gasteiger partial charge in [0.05, 0.1) is 6.10 Å². The number of nitrogens with zero attached hydrogens (tertiary/aromatic N) is 1. The number of allylic oxidation sites excluding steroid dienone is 1. The van der Waals surface area contributed by atoms with Crippen molar-refractivity contribution in [1.82, 2.24) is 4.90 Å². The van der Waals surface area contributed by atoms with Gasteiger partial charge in [-0.3, -0.25) is 4.90 Å². The average Bonchev–Trinajstić information content (AvgIpc) is 2.43. The van der Waals surface area contributed by atoms with E-state index < -0.39 is 0 Å². The van der Waals surface area contributed by atoms with Gasteiger partial charge in [0.1, 0.15) is 0 Å². The van der Waals surface area contributed by atoms with E-state index in [-0.39, 0.29) is 18.6 Å². The van der Waals surface area contributed by atoms with Gasteiger partial charge >= 0.3 is 0 Å². The normalized spacial score (nSPS) is 31.9. The lowest BCUT2D eigenvalue weighted by Crippen LogP contribution is -2.21. The molecule has 0 aromatic heterocycles. The number of β-amino-alcohol motifs (C(OH)–C–C–N with tert-alkyl or cyclic N) is 1. The number of rotatable bonds is 3. The molecule has 0 amide bonds. The van der Waals surface area contributed by atoms with E-state index in [2.05, 4.69) is 11.0 Å². The van der Waals surface area contributed by atoms with Crippen molar-refractivity contribution in [3.63, 3.8) is 0 Å². The minimum atomic E-state index is -0.347. The van der Waals surface area contributed by atoms with E-state index in [1.807, 2.05) is 13.0 Å². The second kappa shape index (κ2) is 4.60. The summed E-state index contributed by atoms with van der Waals surface area (Å²) >= 11 is 0. The maximum atomic E-state index is 9.43. The molecule has 2 unspecified atom stereocenters. The monoisotopic (exact) mass is 171 g/mol. The minimum absolute atomic E-state index is 0.0512. The van der Waals surface area contributed by atoms with Crippen LogP contribution in [0.5, 0.6) is 0 Å². The lowest BCUT2D eigenvalue weighted by atomic mass is 10.1. The molecule has 0 aromatic rings. The highest BCUT2D eigenvalue weighted by atomic mass is 16.3. The number of likely N-dealkylation sites (tertiary alicyclic amines) is 1. The van der Waals surface area contributed by atoms with Crippen LogP contribution >= 0.6 is 0 Å². The Hall–Kier alpha value is -0.380. The van der Waals surface area contributed by atoms with E-state index in [1.165, 1.54) is 0 Å². The Morgan fingerprint density at radius 1 is 1.50 bits per heavy atom. The maximum absolute atomic E-state index is 9.43. The smallest absolute Gasteiger partial charge is 0.0729 e. The molecule has 1 fully saturated rings. The predicted octanol–water partition coefficient (Wildman–Crippen LogP) is -0.152. The van der Waals surface area contributed by atoms with E-state index in [9.17, 15) is 5.11 Å². The molecule has 1 rings (SSSR count). The molecule has 0 aliphatic carbocycles. The van der Waals surface area contributed by atoms with Crippen molar-refractivity contribution < 1.29 is 10.2 Å². The zero-order valence-electron chi connectivity index (χ0n) is 7.48. The molecule has 0 bridgehead atoms. The van der Waals surface area contributed by atoms with Gasteiger partial charge in [-0.05, 0) is 6.92 Å². The van der Waals surface area contributed by atoms with Crippen molar-refractivity contribution in [2.45, 2.75) is 13.0 Å². The average molecular weight is 171 g/mol. The van der Waals surface area contributed by atoms with Gasteiger partial charge < -0.3 is 10.2 Å². The Balaban J connectivity index is 2.32. The fourth-order valence-corrected chi connectivity index (χ4v) is 1.52. The first-order chi connectivity index (χ1) is 5.77. The van der Waals surface area contributed by atoms with Crippen LogP contribution in [0.2, 0.25) is 0 Å². The lowest BCUT2D eigenvalue weighted by Gasteiger charge is -2.11. The summed E-state index contributed by atoms with van der Waals surface area (Å²) in [5.41, 5.74) is 0. The standard InChI is InChI=1S/C9H17NO2/c1-2-3-4-10-5-8(7-11)9(12)6-10/h2-3,8-9,11-12H,4-7H2,1H3/b3-2+.